The van der Waals surface area contributed by atoms with Crippen molar-refractivity contribution in [3.8, 4) is 0 Å². The van der Waals surface area contributed by atoms with Gasteiger partial charge in [-0.25, -0.2) is 0 Å². The van der Waals surface area contributed by atoms with Gasteiger partial charge in [0.2, 0.25) is 0 Å². The van der Waals surface area contributed by atoms with Crippen LogP contribution in [-0.2, 0) is 9.53 Å². The monoisotopic (exact) mass is 191 g/mol. The molecular weight excluding hydrogens is 178 g/mol. The van der Waals surface area contributed by atoms with Gasteiger partial charge in [-0.1, -0.05) is 0 Å². The van der Waals surface area contributed by atoms with Crippen molar-refractivity contribution in [3.63, 3.8) is 0 Å². The van der Waals surface area contributed by atoms with Crippen molar-refractivity contribution < 1.29 is 9.53 Å². The lowest BCUT2D eigenvalue weighted by molar-refractivity contribution is -0.148. The van der Waals surface area contributed by atoms with Crippen molar-refractivity contribution in [2.24, 2.45) is 11.3 Å². The molecule has 1 saturated heterocycles. The number of fused-ring (bicyclic) bond motifs is 1. The Morgan fingerprint density at radius 1 is 1.67 bits per heavy atom. The minimum atomic E-state index is -0.0694. The van der Waals surface area contributed by atoms with E-state index < -0.39 is 0 Å². The van der Waals surface area contributed by atoms with E-state index in [9.17, 15) is 4.79 Å². The third-order valence-electron chi connectivity index (χ3n) is 2.96. The summed E-state index contributed by atoms with van der Waals surface area (Å²) >= 11 is 0. The number of piperidine rings is 1. The normalized spacial score (nSPS) is 37.6. The molecule has 4 heteroatoms. The molecule has 0 unspecified atom stereocenters. The zero-order valence-electron chi connectivity index (χ0n) is 7.13. The quantitative estimate of drug-likeness (QED) is 0.617. The molecule has 0 bridgehead atoms. The summed E-state index contributed by atoms with van der Waals surface area (Å²) in [6.45, 7) is 1.96. The molecule has 2 atom stereocenters. The van der Waals surface area contributed by atoms with E-state index in [1.807, 2.05) is 0 Å². The van der Waals surface area contributed by atoms with Crippen LogP contribution in [0.1, 0.15) is 12.8 Å². The molecule has 1 aliphatic heterocycles. The summed E-state index contributed by atoms with van der Waals surface area (Å²) in [6.07, 6.45) is 2.00. The Morgan fingerprint density at radius 2 is 2.42 bits per heavy atom. The molecule has 1 aliphatic carbocycles. The van der Waals surface area contributed by atoms with Crippen molar-refractivity contribution in [1.82, 2.24) is 5.32 Å². The molecule has 0 aromatic carbocycles. The third kappa shape index (κ3) is 1.21. The van der Waals surface area contributed by atoms with Gasteiger partial charge in [0.15, 0.2) is 0 Å². The summed E-state index contributed by atoms with van der Waals surface area (Å²) in [5, 5.41) is 3.27. The molecule has 1 saturated carbocycles. The first-order chi connectivity index (χ1) is 5.29. The Balaban J connectivity index is 0.000000720. The van der Waals surface area contributed by atoms with Crippen molar-refractivity contribution in [3.05, 3.63) is 0 Å². The maximum absolute atomic E-state index is 11.3. The van der Waals surface area contributed by atoms with Gasteiger partial charge in [0.25, 0.3) is 0 Å². The number of ether oxygens (including phenoxy) is 1. The number of carbonyl (C=O) groups is 1. The van der Waals surface area contributed by atoms with E-state index >= 15 is 0 Å². The molecule has 0 aromatic rings. The number of methoxy groups -OCH3 is 1. The molecular formula is C8H14ClNO2. The molecule has 70 valence electrons. The number of hydrogen-bond acceptors (Lipinski definition) is 3. The van der Waals surface area contributed by atoms with Crippen molar-refractivity contribution in [2.45, 2.75) is 12.8 Å². The van der Waals surface area contributed by atoms with Crippen LogP contribution in [0.15, 0.2) is 0 Å². The lowest BCUT2D eigenvalue weighted by Gasteiger charge is -2.19. The first-order valence-corrected chi connectivity index (χ1v) is 4.09. The van der Waals surface area contributed by atoms with E-state index in [1.54, 1.807) is 0 Å². The van der Waals surface area contributed by atoms with E-state index in [0.717, 1.165) is 25.9 Å². The summed E-state index contributed by atoms with van der Waals surface area (Å²) in [6, 6.07) is 0. The van der Waals surface area contributed by atoms with E-state index in [-0.39, 0.29) is 23.8 Å². The minimum absolute atomic E-state index is 0. The van der Waals surface area contributed by atoms with Crippen molar-refractivity contribution >= 4 is 18.4 Å². The van der Waals surface area contributed by atoms with Crippen molar-refractivity contribution in [2.75, 3.05) is 20.2 Å². The van der Waals surface area contributed by atoms with E-state index in [4.69, 9.17) is 4.74 Å². The van der Waals surface area contributed by atoms with Gasteiger partial charge in [-0.3, -0.25) is 4.79 Å². The zero-order chi connectivity index (χ0) is 7.90. The fraction of sp³-hybridized carbons (Fsp3) is 0.875. The Morgan fingerprint density at radius 3 is 3.00 bits per heavy atom. The third-order valence-corrected chi connectivity index (χ3v) is 2.96. The van der Waals surface area contributed by atoms with Gasteiger partial charge >= 0.3 is 5.97 Å². The van der Waals surface area contributed by atoms with Gasteiger partial charge in [-0.2, -0.15) is 0 Å². The van der Waals surface area contributed by atoms with Crippen LogP contribution < -0.4 is 5.32 Å². The average molecular weight is 192 g/mol. The molecule has 2 fully saturated rings. The molecule has 12 heavy (non-hydrogen) atoms. The lowest BCUT2D eigenvalue weighted by atomic mass is 9.97. The van der Waals surface area contributed by atoms with Gasteiger partial charge in [0.05, 0.1) is 12.5 Å². The predicted octanol–water partition coefficient (Wildman–Crippen LogP) is 0.581. The molecule has 2 rings (SSSR count). The molecule has 0 amide bonds. The highest BCUT2D eigenvalue weighted by Gasteiger charge is 2.61. The molecule has 0 aromatic heterocycles. The first-order valence-electron chi connectivity index (χ1n) is 4.09. The number of rotatable bonds is 1. The largest absolute Gasteiger partial charge is 0.469 e. The van der Waals surface area contributed by atoms with Crippen LogP contribution in [0.2, 0.25) is 0 Å². The van der Waals surface area contributed by atoms with Crippen molar-refractivity contribution in [1.29, 1.82) is 0 Å². The second-order valence-corrected chi connectivity index (χ2v) is 3.50. The zero-order valence-corrected chi connectivity index (χ0v) is 7.95. The number of esters is 1. The maximum atomic E-state index is 11.3. The summed E-state index contributed by atoms with van der Waals surface area (Å²) in [4.78, 5) is 11.3. The van der Waals surface area contributed by atoms with Crippen LogP contribution in [0.4, 0.5) is 0 Å². The maximum Gasteiger partial charge on any atom is 0.312 e. The number of halogens is 1. The van der Waals surface area contributed by atoms with Gasteiger partial charge in [-0.15, -0.1) is 12.4 Å². The minimum Gasteiger partial charge on any atom is -0.469 e. The molecule has 0 spiro atoms. The van der Waals surface area contributed by atoms with Gasteiger partial charge in [-0.05, 0) is 31.8 Å². The topological polar surface area (TPSA) is 38.3 Å². The Bertz CT molecular complexity index is 197. The smallest absolute Gasteiger partial charge is 0.312 e. The number of nitrogens with one attached hydrogen (secondary N) is 1. The Labute approximate surface area is 78.3 Å². The van der Waals surface area contributed by atoms with E-state index in [0.29, 0.717) is 5.92 Å². The summed E-state index contributed by atoms with van der Waals surface area (Å²) < 4.78 is 4.77. The highest BCUT2D eigenvalue weighted by atomic mass is 35.5. The fourth-order valence-electron chi connectivity index (χ4n) is 2.10. The van der Waals surface area contributed by atoms with Crippen LogP contribution in [-0.4, -0.2) is 26.2 Å². The number of carbonyl (C=O) groups excluding carboxylic acids is 1. The highest BCUT2D eigenvalue weighted by Crippen LogP contribution is 2.56. The van der Waals surface area contributed by atoms with E-state index in [1.165, 1.54) is 7.11 Å². The fourth-order valence-corrected chi connectivity index (χ4v) is 2.10. The standard InChI is InChI=1S/C8H13NO2.ClH/c1-11-7(10)8-2-3-9-5-6(8)4-8;/h6,9H,2-5H2,1H3;1H/t6-,8-;/m1./s1. The van der Waals surface area contributed by atoms with Gasteiger partial charge in [0, 0.05) is 0 Å². The second kappa shape index (κ2) is 3.23. The summed E-state index contributed by atoms with van der Waals surface area (Å²) in [5.74, 6) is 0.563. The summed E-state index contributed by atoms with van der Waals surface area (Å²) in [5.41, 5.74) is -0.0694. The molecule has 3 nitrogen and oxygen atoms in total. The first kappa shape index (κ1) is 9.81. The SMILES string of the molecule is COC(=O)[C@@]12CCNC[C@H]1C2.Cl. The van der Waals surface area contributed by atoms with Crippen LogP contribution in [0, 0.1) is 11.3 Å². The molecule has 1 heterocycles. The Hall–Kier alpha value is -0.280. The second-order valence-electron chi connectivity index (χ2n) is 3.50. The summed E-state index contributed by atoms with van der Waals surface area (Å²) in [7, 11) is 1.48. The molecule has 2 aliphatic rings. The number of hydrogen-bond donors (Lipinski definition) is 1. The molecule has 0 radical (unpaired) electrons. The van der Waals surface area contributed by atoms with Crippen LogP contribution in [0.3, 0.4) is 0 Å². The van der Waals surface area contributed by atoms with Crippen LogP contribution >= 0.6 is 12.4 Å². The Kier molecular flexibility index (Phi) is 2.64. The average Bonchev–Trinajstić information content (AvgIpc) is 2.78. The van der Waals surface area contributed by atoms with Crippen LogP contribution in [0.25, 0.3) is 0 Å². The molecule has 1 N–H and O–H groups in total. The lowest BCUT2D eigenvalue weighted by Crippen LogP contribution is -2.34. The predicted molar refractivity (Wildman–Crippen MR) is 47.3 cm³/mol. The van der Waals surface area contributed by atoms with Gasteiger partial charge in [0.1, 0.15) is 0 Å². The van der Waals surface area contributed by atoms with Crippen LogP contribution in [0.5, 0.6) is 0 Å². The van der Waals surface area contributed by atoms with Gasteiger partial charge < -0.3 is 10.1 Å². The van der Waals surface area contributed by atoms with E-state index in [2.05, 4.69) is 5.32 Å². The highest BCUT2D eigenvalue weighted by molar-refractivity contribution is 5.85.